The second kappa shape index (κ2) is 6.42. The van der Waals surface area contributed by atoms with Gasteiger partial charge in [0.15, 0.2) is 0 Å². The normalized spacial score (nSPS) is 12.3. The molecule has 0 aliphatic carbocycles. The Morgan fingerprint density at radius 3 is 2.94 bits per heavy atom. The van der Waals surface area contributed by atoms with Crippen LogP contribution in [-0.4, -0.2) is 28.2 Å². The predicted molar refractivity (Wildman–Crippen MR) is 70.8 cm³/mol. The van der Waals surface area contributed by atoms with Gasteiger partial charge in [-0.1, -0.05) is 11.4 Å². The van der Waals surface area contributed by atoms with Gasteiger partial charge in [0.1, 0.15) is 5.75 Å². The summed E-state index contributed by atoms with van der Waals surface area (Å²) in [6, 6.07) is 2.06. The van der Waals surface area contributed by atoms with Crippen molar-refractivity contribution in [2.75, 3.05) is 13.7 Å². The lowest BCUT2D eigenvalue weighted by atomic mass is 10.1. The molecule has 0 aromatic carbocycles. The summed E-state index contributed by atoms with van der Waals surface area (Å²) in [6.45, 7) is 3.07. The van der Waals surface area contributed by atoms with Gasteiger partial charge in [-0.2, -0.15) is 0 Å². The van der Waals surface area contributed by atoms with E-state index < -0.39 is 0 Å². The fourth-order valence-electron chi connectivity index (χ4n) is 1.68. The summed E-state index contributed by atoms with van der Waals surface area (Å²) in [5.74, 6) is 0.758. The molecule has 0 fully saturated rings. The molecule has 5 nitrogen and oxygen atoms in total. The van der Waals surface area contributed by atoms with Crippen LogP contribution in [0, 0.1) is 0 Å². The van der Waals surface area contributed by atoms with Crippen molar-refractivity contribution in [2.24, 2.45) is 0 Å². The number of aromatic nitrogens is 3. The number of nitrogens with zero attached hydrogens (tertiary/aromatic N) is 3. The molecule has 2 heterocycles. The van der Waals surface area contributed by atoms with Crippen molar-refractivity contribution in [3.63, 3.8) is 0 Å². The average molecular weight is 264 g/mol. The van der Waals surface area contributed by atoms with Crippen LogP contribution in [0.4, 0.5) is 0 Å². The van der Waals surface area contributed by atoms with Crippen LogP contribution < -0.4 is 10.1 Å². The molecule has 0 bridgehead atoms. The Morgan fingerprint density at radius 1 is 1.39 bits per heavy atom. The van der Waals surface area contributed by atoms with E-state index in [9.17, 15) is 0 Å². The first-order valence-electron chi connectivity index (χ1n) is 5.84. The molecule has 96 valence electrons. The lowest BCUT2D eigenvalue weighted by molar-refractivity contribution is 0.411. The molecule has 0 spiro atoms. The van der Waals surface area contributed by atoms with Gasteiger partial charge >= 0.3 is 0 Å². The van der Waals surface area contributed by atoms with Crippen molar-refractivity contribution >= 4 is 11.5 Å². The van der Waals surface area contributed by atoms with E-state index in [0.717, 1.165) is 29.2 Å². The molecular formula is C12H16N4OS. The first kappa shape index (κ1) is 12.9. The van der Waals surface area contributed by atoms with Gasteiger partial charge in [-0.25, -0.2) is 0 Å². The van der Waals surface area contributed by atoms with E-state index in [0.29, 0.717) is 0 Å². The van der Waals surface area contributed by atoms with Crippen molar-refractivity contribution in [3.8, 4) is 5.75 Å². The summed E-state index contributed by atoms with van der Waals surface area (Å²) in [7, 11) is 1.64. The molecular weight excluding hydrogens is 248 g/mol. The minimum Gasteiger partial charge on any atom is -0.495 e. The minimum absolute atomic E-state index is 0.0764. The molecule has 2 aromatic heterocycles. The van der Waals surface area contributed by atoms with Gasteiger partial charge in [0.05, 0.1) is 30.4 Å². The molecule has 0 radical (unpaired) electrons. The van der Waals surface area contributed by atoms with Crippen LogP contribution in [-0.2, 0) is 0 Å². The Hall–Kier alpha value is -1.53. The van der Waals surface area contributed by atoms with Gasteiger partial charge in [0, 0.05) is 6.20 Å². The maximum absolute atomic E-state index is 5.21. The third-order valence-corrected chi connectivity index (χ3v) is 3.29. The Balaban J connectivity index is 2.27. The van der Waals surface area contributed by atoms with Crippen molar-refractivity contribution in [3.05, 3.63) is 35.1 Å². The summed E-state index contributed by atoms with van der Waals surface area (Å²) in [4.78, 5) is 5.28. The number of methoxy groups -OCH3 is 1. The minimum atomic E-state index is 0.0764. The van der Waals surface area contributed by atoms with Crippen molar-refractivity contribution in [1.82, 2.24) is 19.9 Å². The van der Waals surface area contributed by atoms with E-state index in [2.05, 4.69) is 26.8 Å². The Labute approximate surface area is 110 Å². The summed E-state index contributed by atoms with van der Waals surface area (Å²) < 4.78 is 9.13. The average Bonchev–Trinajstić information content (AvgIpc) is 2.93. The number of hydrogen-bond donors (Lipinski definition) is 1. The third-order valence-electron chi connectivity index (χ3n) is 2.56. The molecule has 2 aromatic rings. The van der Waals surface area contributed by atoms with Gasteiger partial charge < -0.3 is 10.1 Å². The fraction of sp³-hybridized carbons (Fsp3) is 0.417. The van der Waals surface area contributed by atoms with Gasteiger partial charge in [0.2, 0.25) is 0 Å². The zero-order valence-corrected chi connectivity index (χ0v) is 11.3. The number of ether oxygens (including phenoxy) is 1. The molecule has 1 N–H and O–H groups in total. The molecule has 0 saturated heterocycles. The third kappa shape index (κ3) is 3.02. The second-order valence-corrected chi connectivity index (χ2v) is 4.68. The van der Waals surface area contributed by atoms with Crippen molar-refractivity contribution in [1.29, 1.82) is 0 Å². The molecule has 6 heteroatoms. The highest BCUT2D eigenvalue weighted by Gasteiger charge is 2.16. The Kier molecular flexibility index (Phi) is 4.60. The summed E-state index contributed by atoms with van der Waals surface area (Å²) in [5, 5.41) is 7.37. The first-order valence-corrected chi connectivity index (χ1v) is 6.62. The van der Waals surface area contributed by atoms with E-state index in [-0.39, 0.29) is 6.04 Å². The number of pyridine rings is 1. The highest BCUT2D eigenvalue weighted by molar-refractivity contribution is 7.05. The molecule has 0 aliphatic rings. The lowest BCUT2D eigenvalue weighted by Gasteiger charge is -2.16. The van der Waals surface area contributed by atoms with Crippen LogP contribution in [0.5, 0.6) is 5.75 Å². The van der Waals surface area contributed by atoms with Crippen molar-refractivity contribution in [2.45, 2.75) is 19.4 Å². The molecule has 0 saturated carbocycles. The molecule has 1 unspecified atom stereocenters. The zero-order valence-electron chi connectivity index (χ0n) is 10.5. The van der Waals surface area contributed by atoms with Crippen LogP contribution in [0.15, 0.2) is 24.7 Å². The van der Waals surface area contributed by atoms with Crippen LogP contribution in [0.25, 0.3) is 0 Å². The topological polar surface area (TPSA) is 59.9 Å². The smallest absolute Gasteiger partial charge is 0.137 e. The molecule has 18 heavy (non-hydrogen) atoms. The maximum atomic E-state index is 5.21. The number of rotatable bonds is 6. The van der Waals surface area contributed by atoms with E-state index >= 15 is 0 Å². The van der Waals surface area contributed by atoms with Gasteiger partial charge in [-0.05, 0) is 36.1 Å². The van der Waals surface area contributed by atoms with E-state index in [1.165, 1.54) is 11.5 Å². The maximum Gasteiger partial charge on any atom is 0.137 e. The summed E-state index contributed by atoms with van der Waals surface area (Å²) >= 11 is 1.40. The predicted octanol–water partition coefficient (Wildman–Crippen LogP) is 2.03. The monoisotopic (exact) mass is 264 g/mol. The molecule has 0 amide bonds. The fourth-order valence-corrected chi connectivity index (χ4v) is 2.29. The highest BCUT2D eigenvalue weighted by Crippen LogP contribution is 2.25. The van der Waals surface area contributed by atoms with Crippen LogP contribution in [0.2, 0.25) is 0 Å². The lowest BCUT2D eigenvalue weighted by Crippen LogP contribution is -2.22. The SMILES string of the molecule is CCCNC(c1cncc(OC)c1)c1cnns1. The molecule has 2 rings (SSSR count). The molecule has 0 aliphatic heterocycles. The van der Waals surface area contributed by atoms with Crippen molar-refractivity contribution < 1.29 is 4.74 Å². The van der Waals surface area contributed by atoms with Crippen LogP contribution in [0.3, 0.4) is 0 Å². The Bertz CT molecular complexity index is 475. The zero-order chi connectivity index (χ0) is 12.8. The van der Waals surface area contributed by atoms with Gasteiger partial charge in [0.25, 0.3) is 0 Å². The number of hydrogen-bond acceptors (Lipinski definition) is 6. The molecule has 1 atom stereocenters. The van der Waals surface area contributed by atoms with Crippen LogP contribution >= 0.6 is 11.5 Å². The first-order chi connectivity index (χ1) is 8.85. The standard InChI is InChI=1S/C12H16N4OS/c1-3-4-14-12(11-8-15-16-18-11)9-5-10(17-2)7-13-6-9/h5-8,12,14H,3-4H2,1-2H3. The quantitative estimate of drug-likeness (QED) is 0.865. The number of nitrogens with one attached hydrogen (secondary N) is 1. The van der Waals surface area contributed by atoms with Gasteiger partial charge in [-0.3, -0.25) is 4.98 Å². The largest absolute Gasteiger partial charge is 0.495 e. The van der Waals surface area contributed by atoms with E-state index in [4.69, 9.17) is 4.74 Å². The van der Waals surface area contributed by atoms with Gasteiger partial charge in [-0.15, -0.1) is 5.10 Å². The second-order valence-electron chi connectivity index (χ2n) is 3.87. The summed E-state index contributed by atoms with van der Waals surface area (Å²) in [6.07, 6.45) is 6.40. The Morgan fingerprint density at radius 2 is 2.28 bits per heavy atom. The highest BCUT2D eigenvalue weighted by atomic mass is 32.1. The summed E-state index contributed by atoms with van der Waals surface area (Å²) in [5.41, 5.74) is 1.06. The van der Waals surface area contributed by atoms with E-state index in [1.807, 2.05) is 12.3 Å². The van der Waals surface area contributed by atoms with Crippen LogP contribution in [0.1, 0.15) is 29.8 Å². The van der Waals surface area contributed by atoms with E-state index in [1.54, 1.807) is 19.5 Å².